The van der Waals surface area contributed by atoms with E-state index in [1.807, 2.05) is 53.2 Å². The molecule has 2 aromatic carbocycles. The minimum absolute atomic E-state index is 0.115. The van der Waals surface area contributed by atoms with Gasteiger partial charge in [0.05, 0.1) is 31.4 Å². The van der Waals surface area contributed by atoms with E-state index < -0.39 is 11.7 Å². The summed E-state index contributed by atoms with van der Waals surface area (Å²) in [5.74, 6) is 0.856. The summed E-state index contributed by atoms with van der Waals surface area (Å²) in [5.41, 5.74) is 11.0. The Kier molecular flexibility index (Phi) is 6.65. The molecule has 0 bridgehead atoms. The van der Waals surface area contributed by atoms with Crippen molar-refractivity contribution in [2.24, 2.45) is 0 Å². The van der Waals surface area contributed by atoms with Gasteiger partial charge in [-0.25, -0.2) is 24.0 Å². The summed E-state index contributed by atoms with van der Waals surface area (Å²) in [6, 6.07) is 17.5. The third-order valence-corrected chi connectivity index (χ3v) is 7.79. The topological polar surface area (TPSA) is 135 Å². The molecule has 3 N–H and O–H groups in total. The van der Waals surface area contributed by atoms with Crippen LogP contribution >= 0.6 is 0 Å². The Balaban J connectivity index is 1.27. The van der Waals surface area contributed by atoms with E-state index in [-0.39, 0.29) is 23.1 Å². The van der Waals surface area contributed by atoms with Crippen LogP contribution in [0.1, 0.15) is 33.9 Å². The van der Waals surface area contributed by atoms with E-state index in [0.717, 1.165) is 22.9 Å². The molecular formula is C32H27FN8O3. The van der Waals surface area contributed by atoms with Crippen molar-refractivity contribution >= 4 is 22.9 Å². The molecule has 0 saturated heterocycles. The summed E-state index contributed by atoms with van der Waals surface area (Å²) in [6.07, 6.45) is 6.53. The first kappa shape index (κ1) is 27.1. The number of carbonyl (C=O) groups excluding carboxylic acids is 1. The van der Waals surface area contributed by atoms with Gasteiger partial charge in [-0.1, -0.05) is 6.07 Å². The number of fused-ring (bicyclic) bond motifs is 2. The second-order valence-corrected chi connectivity index (χ2v) is 10.3. The fourth-order valence-electron chi connectivity index (χ4n) is 5.67. The molecule has 0 saturated carbocycles. The molecule has 4 aromatic heterocycles. The number of nitrogens with two attached hydrogens (primary N) is 1. The van der Waals surface area contributed by atoms with Crippen molar-refractivity contribution in [1.29, 1.82) is 0 Å². The summed E-state index contributed by atoms with van der Waals surface area (Å²) in [7, 11) is 2.85. The van der Waals surface area contributed by atoms with Crippen LogP contribution in [0.15, 0.2) is 79.3 Å². The number of nitrogens with zero attached hydrogens (tertiary/aromatic N) is 6. The SMILES string of the molecule is COc1cc(F)c(C(=O)N[C@H]2CCc3cc(-n4c(-c5cccnc5N)nc5ccc(-n6cccn6)nc54)ccc32)cc1OC. The van der Waals surface area contributed by atoms with Crippen molar-refractivity contribution in [3.05, 3.63) is 102 Å². The summed E-state index contributed by atoms with van der Waals surface area (Å²) < 4.78 is 28.9. The predicted molar refractivity (Wildman–Crippen MR) is 162 cm³/mol. The number of ether oxygens (including phenoxy) is 2. The molecule has 0 radical (unpaired) electrons. The van der Waals surface area contributed by atoms with E-state index in [4.69, 9.17) is 25.2 Å². The molecule has 1 amide bonds. The van der Waals surface area contributed by atoms with Crippen LogP contribution in [-0.2, 0) is 6.42 Å². The standard InChI is InChI=1S/C32H27FN8O3/c1-43-26-16-22(23(33)17-27(26)44-2)32(42)38-24-9-6-18-15-19(7-8-20(18)24)41-30(21-5-3-12-35-29(21)34)37-25-10-11-28(39-31(25)41)40-14-4-13-36-40/h3-5,7-8,10-17,24H,6,9H2,1-2H3,(H2,34,35)(H,38,42)/t24-/m0/s1. The number of amides is 1. The lowest BCUT2D eigenvalue weighted by atomic mass is 10.1. The zero-order valence-electron chi connectivity index (χ0n) is 23.9. The highest BCUT2D eigenvalue weighted by Crippen LogP contribution is 2.37. The van der Waals surface area contributed by atoms with Crippen LogP contribution in [0.25, 0.3) is 34.1 Å². The summed E-state index contributed by atoms with van der Waals surface area (Å²) in [4.78, 5) is 27.3. The Hall–Kier alpha value is -5.78. The summed E-state index contributed by atoms with van der Waals surface area (Å²) in [5, 5.41) is 7.31. The van der Waals surface area contributed by atoms with Gasteiger partial charge in [0.15, 0.2) is 28.8 Å². The van der Waals surface area contributed by atoms with Gasteiger partial charge in [-0.2, -0.15) is 5.10 Å². The number of hydrogen-bond donors (Lipinski definition) is 2. The number of methoxy groups -OCH3 is 2. The van der Waals surface area contributed by atoms with E-state index in [1.165, 1.54) is 20.3 Å². The fourth-order valence-corrected chi connectivity index (χ4v) is 5.67. The number of aromatic nitrogens is 6. The largest absolute Gasteiger partial charge is 0.493 e. The average molecular weight is 591 g/mol. The van der Waals surface area contributed by atoms with Gasteiger partial charge in [0.2, 0.25) is 0 Å². The normalized spacial score (nSPS) is 14.0. The van der Waals surface area contributed by atoms with Crippen LogP contribution < -0.4 is 20.5 Å². The monoisotopic (exact) mass is 590 g/mol. The number of nitrogens with one attached hydrogen (secondary N) is 1. The molecule has 0 spiro atoms. The number of rotatable bonds is 7. The maximum atomic E-state index is 14.8. The quantitative estimate of drug-likeness (QED) is 0.270. The zero-order chi connectivity index (χ0) is 30.4. The molecule has 0 aliphatic heterocycles. The number of hydrogen-bond acceptors (Lipinski definition) is 8. The van der Waals surface area contributed by atoms with Gasteiger partial charge < -0.3 is 20.5 Å². The maximum absolute atomic E-state index is 14.8. The summed E-state index contributed by atoms with van der Waals surface area (Å²) in [6.45, 7) is 0. The van der Waals surface area contributed by atoms with Gasteiger partial charge in [0, 0.05) is 30.3 Å². The van der Waals surface area contributed by atoms with Crippen molar-refractivity contribution in [3.63, 3.8) is 0 Å². The molecule has 220 valence electrons. The smallest absolute Gasteiger partial charge is 0.254 e. The average Bonchev–Trinajstić information content (AvgIpc) is 3.80. The molecule has 11 nitrogen and oxygen atoms in total. The van der Waals surface area contributed by atoms with Gasteiger partial charge in [-0.15, -0.1) is 0 Å². The number of anilines is 1. The van der Waals surface area contributed by atoms with Gasteiger partial charge in [0.1, 0.15) is 17.2 Å². The highest BCUT2D eigenvalue weighted by atomic mass is 19.1. The first-order valence-electron chi connectivity index (χ1n) is 13.9. The molecule has 4 heterocycles. The molecular weight excluding hydrogens is 563 g/mol. The molecule has 7 rings (SSSR count). The van der Waals surface area contributed by atoms with Crippen molar-refractivity contribution in [1.82, 2.24) is 34.6 Å². The van der Waals surface area contributed by atoms with Crippen LogP contribution in [0.5, 0.6) is 11.5 Å². The van der Waals surface area contributed by atoms with Gasteiger partial charge >= 0.3 is 0 Å². The van der Waals surface area contributed by atoms with E-state index in [1.54, 1.807) is 17.1 Å². The predicted octanol–water partition coefficient (Wildman–Crippen LogP) is 4.82. The molecule has 44 heavy (non-hydrogen) atoms. The number of aryl methyl sites for hydroxylation is 1. The van der Waals surface area contributed by atoms with Gasteiger partial charge in [0.25, 0.3) is 5.91 Å². The lowest BCUT2D eigenvalue weighted by Crippen LogP contribution is -2.28. The number of carbonyl (C=O) groups is 1. The van der Waals surface area contributed by atoms with E-state index in [2.05, 4.69) is 21.5 Å². The minimum Gasteiger partial charge on any atom is -0.493 e. The van der Waals surface area contributed by atoms with Gasteiger partial charge in [-0.3, -0.25) is 9.36 Å². The third-order valence-electron chi connectivity index (χ3n) is 7.79. The number of benzene rings is 2. The Bertz CT molecular complexity index is 2040. The van der Waals surface area contributed by atoms with Crippen LogP contribution in [-0.4, -0.2) is 49.4 Å². The first-order chi connectivity index (χ1) is 21.4. The Morgan fingerprint density at radius 1 is 1.02 bits per heavy atom. The molecule has 1 aliphatic carbocycles. The highest BCUT2D eigenvalue weighted by molar-refractivity contribution is 5.95. The van der Waals surface area contributed by atoms with Crippen LogP contribution in [0, 0.1) is 5.82 Å². The van der Waals surface area contributed by atoms with Crippen molar-refractivity contribution in [2.45, 2.75) is 18.9 Å². The Labute approximate surface area is 251 Å². The number of pyridine rings is 2. The Morgan fingerprint density at radius 2 is 1.86 bits per heavy atom. The second kappa shape index (κ2) is 10.8. The van der Waals surface area contributed by atoms with Crippen molar-refractivity contribution in [3.8, 4) is 34.4 Å². The highest BCUT2D eigenvalue weighted by Gasteiger charge is 2.28. The zero-order valence-corrected chi connectivity index (χ0v) is 23.9. The molecule has 1 aliphatic rings. The molecule has 0 unspecified atom stereocenters. The number of nitrogen functional groups attached to an aromatic ring is 1. The molecule has 1 atom stereocenters. The van der Waals surface area contributed by atoms with E-state index in [0.29, 0.717) is 47.0 Å². The van der Waals surface area contributed by atoms with Crippen LogP contribution in [0.4, 0.5) is 10.2 Å². The van der Waals surface area contributed by atoms with Crippen molar-refractivity contribution < 1.29 is 18.7 Å². The molecule has 12 heteroatoms. The van der Waals surface area contributed by atoms with E-state index >= 15 is 0 Å². The third kappa shape index (κ3) is 4.56. The number of halogens is 1. The molecule has 0 fully saturated rings. The summed E-state index contributed by atoms with van der Waals surface area (Å²) >= 11 is 0. The van der Waals surface area contributed by atoms with E-state index in [9.17, 15) is 9.18 Å². The van der Waals surface area contributed by atoms with Gasteiger partial charge in [-0.05, 0) is 72.5 Å². The Morgan fingerprint density at radius 3 is 2.64 bits per heavy atom. The van der Waals surface area contributed by atoms with Crippen LogP contribution in [0.2, 0.25) is 0 Å². The maximum Gasteiger partial charge on any atom is 0.254 e. The minimum atomic E-state index is -0.690. The fraction of sp³-hybridized carbons (Fsp3) is 0.156. The molecule has 6 aromatic rings. The van der Waals surface area contributed by atoms with Crippen molar-refractivity contribution in [2.75, 3.05) is 20.0 Å². The number of imidazole rings is 1. The second-order valence-electron chi connectivity index (χ2n) is 10.3. The first-order valence-corrected chi connectivity index (χ1v) is 13.9. The lowest BCUT2D eigenvalue weighted by molar-refractivity contribution is 0.0932. The lowest BCUT2D eigenvalue weighted by Gasteiger charge is -2.17. The van der Waals surface area contributed by atoms with Crippen LogP contribution in [0.3, 0.4) is 0 Å².